The summed E-state index contributed by atoms with van der Waals surface area (Å²) in [6.07, 6.45) is 2.21. The fourth-order valence-electron chi connectivity index (χ4n) is 0.701. The normalized spacial score (nSPS) is 10.8. The second-order valence-corrected chi connectivity index (χ2v) is 2.33. The summed E-state index contributed by atoms with van der Waals surface area (Å²) in [7, 11) is 1.55. The van der Waals surface area contributed by atoms with Gasteiger partial charge in [0.1, 0.15) is 0 Å². The lowest BCUT2D eigenvalue weighted by atomic mass is 10.3. The number of nitrogens with one attached hydrogen (secondary N) is 1. The minimum Gasteiger partial charge on any atom is -0.355 e. The smallest absolute Gasteiger partial charge is 0.248 e. The molecule has 1 N–H and O–H groups in total. The Morgan fingerprint density at radius 3 is 2.50 bits per heavy atom. The predicted molar refractivity (Wildman–Crippen MR) is 46.3 cm³/mol. The van der Waals surface area contributed by atoms with Gasteiger partial charge >= 0.3 is 0 Å². The lowest BCUT2D eigenvalue weighted by molar-refractivity contribution is -0.117. The zero-order valence-electron chi connectivity index (χ0n) is 7.63. The highest BCUT2D eigenvalue weighted by molar-refractivity contribution is 5.92. The van der Waals surface area contributed by atoms with Gasteiger partial charge in [-0.25, -0.2) is 0 Å². The third kappa shape index (κ3) is 3.18. The van der Waals surface area contributed by atoms with Crippen molar-refractivity contribution in [3.8, 4) is 0 Å². The maximum Gasteiger partial charge on any atom is 0.248 e. The monoisotopic (exact) mass is 170 g/mol. The third-order valence-corrected chi connectivity index (χ3v) is 1.45. The molecule has 0 unspecified atom stereocenters. The van der Waals surface area contributed by atoms with Gasteiger partial charge in [0, 0.05) is 25.4 Å². The molecule has 4 heteroatoms. The van der Waals surface area contributed by atoms with Gasteiger partial charge < -0.3 is 10.2 Å². The van der Waals surface area contributed by atoms with Crippen molar-refractivity contribution in [3.63, 3.8) is 0 Å². The number of carbonyl (C=O) groups is 2. The van der Waals surface area contributed by atoms with Crippen LogP contribution in [0.25, 0.3) is 0 Å². The zero-order chi connectivity index (χ0) is 9.56. The van der Waals surface area contributed by atoms with Crippen LogP contribution in [-0.4, -0.2) is 30.8 Å². The van der Waals surface area contributed by atoms with Crippen molar-refractivity contribution in [1.82, 2.24) is 10.2 Å². The Balaban J connectivity index is 4.31. The first-order valence-corrected chi connectivity index (χ1v) is 3.77. The van der Waals surface area contributed by atoms with E-state index in [1.807, 2.05) is 6.92 Å². The van der Waals surface area contributed by atoms with Crippen molar-refractivity contribution in [2.24, 2.45) is 0 Å². The number of likely N-dealkylation sites (N-methyl/N-ethyl adjacent to an activating group) is 1. The second kappa shape index (κ2) is 5.35. The summed E-state index contributed by atoms with van der Waals surface area (Å²) in [5.74, 6) is -0.171. The maximum absolute atomic E-state index is 11.0. The van der Waals surface area contributed by atoms with Crippen LogP contribution in [0, 0.1) is 0 Å². The third-order valence-electron chi connectivity index (χ3n) is 1.45. The summed E-state index contributed by atoms with van der Waals surface area (Å²) >= 11 is 0. The molecule has 0 bridgehead atoms. The van der Waals surface area contributed by atoms with Crippen LogP contribution < -0.4 is 5.32 Å². The van der Waals surface area contributed by atoms with E-state index >= 15 is 0 Å². The van der Waals surface area contributed by atoms with Crippen LogP contribution in [0.2, 0.25) is 0 Å². The molecular formula is C8H14N2O2. The standard InChI is InChI=1S/C8H14N2O2/c1-4-10(6-11)5-7(2)8(12)9-3/h5-6H,4H2,1-3H3,(H,9,12)/b7-5-. The van der Waals surface area contributed by atoms with E-state index in [-0.39, 0.29) is 5.91 Å². The van der Waals surface area contributed by atoms with E-state index < -0.39 is 0 Å². The van der Waals surface area contributed by atoms with E-state index in [2.05, 4.69) is 5.32 Å². The van der Waals surface area contributed by atoms with Crippen LogP contribution in [0.3, 0.4) is 0 Å². The summed E-state index contributed by atoms with van der Waals surface area (Å²) in [6.45, 7) is 4.06. The molecule has 0 aliphatic rings. The molecule has 0 spiro atoms. The largest absolute Gasteiger partial charge is 0.355 e. The van der Waals surface area contributed by atoms with Gasteiger partial charge in [0.2, 0.25) is 12.3 Å². The Bertz CT molecular complexity index is 199. The van der Waals surface area contributed by atoms with Crippen molar-refractivity contribution in [2.45, 2.75) is 13.8 Å². The fraction of sp³-hybridized carbons (Fsp3) is 0.500. The molecule has 0 aliphatic carbocycles. The molecule has 68 valence electrons. The van der Waals surface area contributed by atoms with Crippen molar-refractivity contribution in [2.75, 3.05) is 13.6 Å². The van der Waals surface area contributed by atoms with Gasteiger partial charge in [-0.05, 0) is 13.8 Å². The first-order valence-electron chi connectivity index (χ1n) is 3.77. The van der Waals surface area contributed by atoms with Gasteiger partial charge in [0.05, 0.1) is 0 Å². The summed E-state index contributed by atoms with van der Waals surface area (Å²) in [4.78, 5) is 22.7. The van der Waals surface area contributed by atoms with E-state index in [0.29, 0.717) is 18.5 Å². The number of hydrogen-bond acceptors (Lipinski definition) is 2. The van der Waals surface area contributed by atoms with Crippen molar-refractivity contribution < 1.29 is 9.59 Å². The van der Waals surface area contributed by atoms with E-state index in [0.717, 1.165) is 0 Å². The summed E-state index contributed by atoms with van der Waals surface area (Å²) in [5.41, 5.74) is 0.520. The number of carbonyl (C=O) groups excluding carboxylic acids is 2. The van der Waals surface area contributed by atoms with Crippen LogP contribution in [0.1, 0.15) is 13.8 Å². The van der Waals surface area contributed by atoms with Gasteiger partial charge in [0.15, 0.2) is 0 Å². The fourth-order valence-corrected chi connectivity index (χ4v) is 0.701. The van der Waals surface area contributed by atoms with Crippen molar-refractivity contribution >= 4 is 12.3 Å². The molecule has 4 nitrogen and oxygen atoms in total. The number of amides is 2. The first kappa shape index (κ1) is 10.7. The van der Waals surface area contributed by atoms with Crippen molar-refractivity contribution in [3.05, 3.63) is 11.8 Å². The van der Waals surface area contributed by atoms with Crippen LogP contribution in [-0.2, 0) is 9.59 Å². The molecule has 0 rings (SSSR count). The highest BCUT2D eigenvalue weighted by Crippen LogP contribution is 1.94. The molecule has 0 saturated carbocycles. The average molecular weight is 170 g/mol. The molecule has 0 fully saturated rings. The van der Waals surface area contributed by atoms with Crippen molar-refractivity contribution in [1.29, 1.82) is 0 Å². The first-order chi connectivity index (χ1) is 5.65. The lowest BCUT2D eigenvalue weighted by Gasteiger charge is -2.09. The molecule has 12 heavy (non-hydrogen) atoms. The molecule has 0 aliphatic heterocycles. The SMILES string of the molecule is CCN(C=O)/C=C(/C)C(=O)NC. The minimum absolute atomic E-state index is 0.171. The summed E-state index contributed by atoms with van der Waals surface area (Å²) in [5, 5.41) is 2.47. The topological polar surface area (TPSA) is 49.4 Å². The van der Waals surface area contributed by atoms with Crippen LogP contribution >= 0.6 is 0 Å². The molecule has 0 atom stereocenters. The molecule has 0 heterocycles. The molecule has 0 aromatic heterocycles. The molecular weight excluding hydrogens is 156 g/mol. The summed E-state index contributed by atoms with van der Waals surface area (Å²) in [6, 6.07) is 0. The Labute approximate surface area is 72.2 Å². The minimum atomic E-state index is -0.171. The Morgan fingerprint density at radius 1 is 1.58 bits per heavy atom. The quantitative estimate of drug-likeness (QED) is 0.481. The number of hydrogen-bond donors (Lipinski definition) is 1. The van der Waals surface area contributed by atoms with Gasteiger partial charge in [-0.3, -0.25) is 9.59 Å². The Morgan fingerprint density at radius 2 is 2.17 bits per heavy atom. The highest BCUT2D eigenvalue weighted by atomic mass is 16.2. The number of nitrogens with zero attached hydrogens (tertiary/aromatic N) is 1. The second-order valence-electron chi connectivity index (χ2n) is 2.33. The van der Waals surface area contributed by atoms with E-state index in [1.54, 1.807) is 14.0 Å². The van der Waals surface area contributed by atoms with Crippen LogP contribution in [0.4, 0.5) is 0 Å². The van der Waals surface area contributed by atoms with Crippen LogP contribution in [0.15, 0.2) is 11.8 Å². The van der Waals surface area contributed by atoms with Crippen LogP contribution in [0.5, 0.6) is 0 Å². The van der Waals surface area contributed by atoms with E-state index in [1.165, 1.54) is 11.1 Å². The maximum atomic E-state index is 11.0. The predicted octanol–water partition coefficient (Wildman–Crippen LogP) is 0.115. The molecule has 0 saturated heterocycles. The van der Waals surface area contributed by atoms with E-state index in [9.17, 15) is 9.59 Å². The number of rotatable bonds is 4. The van der Waals surface area contributed by atoms with Gasteiger partial charge in [0.25, 0.3) is 0 Å². The Kier molecular flexibility index (Phi) is 4.76. The van der Waals surface area contributed by atoms with E-state index in [4.69, 9.17) is 0 Å². The Hall–Kier alpha value is -1.32. The highest BCUT2D eigenvalue weighted by Gasteiger charge is 2.01. The zero-order valence-corrected chi connectivity index (χ0v) is 7.63. The molecule has 0 aromatic rings. The van der Waals surface area contributed by atoms with Gasteiger partial charge in [-0.15, -0.1) is 0 Å². The van der Waals surface area contributed by atoms with Gasteiger partial charge in [-0.1, -0.05) is 0 Å². The average Bonchev–Trinajstić information content (AvgIpc) is 2.12. The molecule has 0 radical (unpaired) electrons. The molecule has 2 amide bonds. The lowest BCUT2D eigenvalue weighted by Crippen LogP contribution is -2.22. The summed E-state index contributed by atoms with van der Waals surface area (Å²) < 4.78 is 0. The molecule has 0 aromatic carbocycles. The van der Waals surface area contributed by atoms with Gasteiger partial charge in [-0.2, -0.15) is 0 Å².